The smallest absolute Gasteiger partial charge is 0.225 e. The Morgan fingerprint density at radius 2 is 1.88 bits per heavy atom. The van der Waals surface area contributed by atoms with E-state index in [9.17, 15) is 4.79 Å². The highest BCUT2D eigenvalue weighted by Crippen LogP contribution is 2.27. The number of benzene rings is 1. The van der Waals surface area contributed by atoms with E-state index in [1.165, 1.54) is 0 Å². The van der Waals surface area contributed by atoms with E-state index in [1.807, 2.05) is 4.90 Å². The van der Waals surface area contributed by atoms with Gasteiger partial charge in [0.25, 0.3) is 0 Å². The standard InChI is InChI=1S/C18H24Cl2N2O3/c19-15-1-2-17(16(20)13-15)25-12-7-21-5-3-14(4-6-21)18(23)22-8-10-24-11-9-22/h1-2,13-14H,3-12H2. The van der Waals surface area contributed by atoms with Crippen molar-refractivity contribution in [1.82, 2.24) is 9.80 Å². The lowest BCUT2D eigenvalue weighted by atomic mass is 9.95. The molecule has 25 heavy (non-hydrogen) atoms. The monoisotopic (exact) mass is 386 g/mol. The number of hydrogen-bond donors (Lipinski definition) is 0. The lowest BCUT2D eigenvalue weighted by Gasteiger charge is -2.35. The number of rotatable bonds is 5. The SMILES string of the molecule is O=C(C1CCN(CCOc2ccc(Cl)cc2Cl)CC1)N1CCOCC1. The fourth-order valence-corrected chi connectivity index (χ4v) is 3.79. The highest BCUT2D eigenvalue weighted by atomic mass is 35.5. The summed E-state index contributed by atoms with van der Waals surface area (Å²) in [6.07, 6.45) is 1.83. The highest BCUT2D eigenvalue weighted by molar-refractivity contribution is 6.35. The lowest BCUT2D eigenvalue weighted by Crippen LogP contribution is -2.47. The molecule has 0 spiro atoms. The molecule has 0 aliphatic carbocycles. The summed E-state index contributed by atoms with van der Waals surface area (Å²) >= 11 is 12.0. The average molecular weight is 387 g/mol. The second kappa shape index (κ2) is 9.08. The van der Waals surface area contributed by atoms with Crippen LogP contribution in [0.5, 0.6) is 5.75 Å². The summed E-state index contributed by atoms with van der Waals surface area (Å²) in [4.78, 5) is 16.8. The minimum absolute atomic E-state index is 0.154. The number of amides is 1. The second-order valence-corrected chi connectivity index (χ2v) is 7.32. The van der Waals surface area contributed by atoms with Gasteiger partial charge in [0, 0.05) is 30.6 Å². The molecule has 0 unspecified atom stereocenters. The predicted octanol–water partition coefficient (Wildman–Crippen LogP) is 2.94. The van der Waals surface area contributed by atoms with Gasteiger partial charge < -0.3 is 14.4 Å². The van der Waals surface area contributed by atoms with Gasteiger partial charge in [-0.15, -0.1) is 0 Å². The first-order valence-electron chi connectivity index (χ1n) is 8.80. The van der Waals surface area contributed by atoms with Gasteiger partial charge in [0.1, 0.15) is 12.4 Å². The van der Waals surface area contributed by atoms with Gasteiger partial charge in [0.2, 0.25) is 5.91 Å². The van der Waals surface area contributed by atoms with Gasteiger partial charge in [-0.25, -0.2) is 0 Å². The van der Waals surface area contributed by atoms with Crippen LogP contribution in [0.2, 0.25) is 10.0 Å². The maximum Gasteiger partial charge on any atom is 0.225 e. The number of ether oxygens (including phenoxy) is 2. The maximum absolute atomic E-state index is 12.5. The van der Waals surface area contributed by atoms with Crippen molar-refractivity contribution in [3.63, 3.8) is 0 Å². The third-order valence-corrected chi connectivity index (χ3v) is 5.35. The van der Waals surface area contributed by atoms with Gasteiger partial charge >= 0.3 is 0 Å². The summed E-state index contributed by atoms with van der Waals surface area (Å²) in [7, 11) is 0. The third-order valence-electron chi connectivity index (χ3n) is 4.82. The van der Waals surface area contributed by atoms with Crippen molar-refractivity contribution in [2.24, 2.45) is 5.92 Å². The number of carbonyl (C=O) groups excluding carboxylic acids is 1. The molecule has 2 aliphatic heterocycles. The van der Waals surface area contributed by atoms with Gasteiger partial charge in [0.15, 0.2) is 0 Å². The topological polar surface area (TPSA) is 42.0 Å². The average Bonchev–Trinajstić information content (AvgIpc) is 2.64. The number of halogens is 2. The number of nitrogens with zero attached hydrogens (tertiary/aromatic N) is 2. The molecule has 5 nitrogen and oxygen atoms in total. The summed E-state index contributed by atoms with van der Waals surface area (Å²) in [6, 6.07) is 5.24. The summed E-state index contributed by atoms with van der Waals surface area (Å²) in [6.45, 7) is 6.05. The van der Waals surface area contributed by atoms with Crippen LogP contribution in [0, 0.1) is 5.92 Å². The van der Waals surface area contributed by atoms with Crippen LogP contribution in [0.25, 0.3) is 0 Å². The fourth-order valence-electron chi connectivity index (χ4n) is 3.32. The molecule has 0 saturated carbocycles. The summed E-state index contributed by atoms with van der Waals surface area (Å²) in [5, 5.41) is 1.13. The molecule has 0 bridgehead atoms. The lowest BCUT2D eigenvalue weighted by molar-refractivity contribution is -0.141. The molecule has 138 valence electrons. The van der Waals surface area contributed by atoms with E-state index in [0.29, 0.717) is 41.5 Å². The summed E-state index contributed by atoms with van der Waals surface area (Å²) < 4.78 is 11.1. The van der Waals surface area contributed by atoms with Crippen LogP contribution in [-0.2, 0) is 9.53 Å². The van der Waals surface area contributed by atoms with Gasteiger partial charge in [-0.2, -0.15) is 0 Å². The fraction of sp³-hybridized carbons (Fsp3) is 0.611. The first-order valence-corrected chi connectivity index (χ1v) is 9.56. The van der Waals surface area contributed by atoms with Crippen LogP contribution < -0.4 is 4.74 Å². The molecule has 7 heteroatoms. The van der Waals surface area contributed by atoms with Crippen LogP contribution in [0.1, 0.15) is 12.8 Å². The summed E-state index contributed by atoms with van der Waals surface area (Å²) in [5.74, 6) is 1.11. The Kier molecular flexibility index (Phi) is 6.82. The van der Waals surface area contributed by atoms with Gasteiger partial charge in [-0.05, 0) is 44.1 Å². The van der Waals surface area contributed by atoms with Gasteiger partial charge in [-0.3, -0.25) is 9.69 Å². The van der Waals surface area contributed by atoms with Crippen LogP contribution in [-0.4, -0.2) is 68.3 Å². The molecule has 1 aromatic rings. The van der Waals surface area contributed by atoms with Gasteiger partial charge in [-0.1, -0.05) is 23.2 Å². The normalized spacial score (nSPS) is 19.8. The van der Waals surface area contributed by atoms with E-state index in [4.69, 9.17) is 32.7 Å². The predicted molar refractivity (Wildman–Crippen MR) is 98.5 cm³/mol. The maximum atomic E-state index is 12.5. The van der Waals surface area contributed by atoms with Crippen LogP contribution in [0.3, 0.4) is 0 Å². The minimum Gasteiger partial charge on any atom is -0.491 e. The van der Waals surface area contributed by atoms with E-state index in [0.717, 1.165) is 45.6 Å². The number of carbonyl (C=O) groups is 1. The molecule has 2 saturated heterocycles. The zero-order valence-corrected chi connectivity index (χ0v) is 15.8. The molecule has 2 aliphatic rings. The van der Waals surface area contributed by atoms with E-state index in [2.05, 4.69) is 4.90 Å². The van der Waals surface area contributed by atoms with Crippen molar-refractivity contribution in [2.45, 2.75) is 12.8 Å². The van der Waals surface area contributed by atoms with E-state index in [-0.39, 0.29) is 5.92 Å². The Bertz CT molecular complexity index is 586. The Morgan fingerprint density at radius 1 is 1.16 bits per heavy atom. The zero-order valence-electron chi connectivity index (χ0n) is 14.3. The summed E-state index contributed by atoms with van der Waals surface area (Å²) in [5.41, 5.74) is 0. The molecular weight excluding hydrogens is 363 g/mol. The van der Waals surface area contributed by atoms with Crippen molar-refractivity contribution in [3.05, 3.63) is 28.2 Å². The molecule has 0 N–H and O–H groups in total. The Balaban J connectivity index is 1.38. The molecule has 0 radical (unpaired) electrons. The highest BCUT2D eigenvalue weighted by Gasteiger charge is 2.29. The molecule has 0 atom stereocenters. The molecule has 0 aromatic heterocycles. The Morgan fingerprint density at radius 3 is 2.56 bits per heavy atom. The number of morpholine rings is 1. The molecule has 3 rings (SSSR count). The van der Waals surface area contributed by atoms with E-state index >= 15 is 0 Å². The largest absolute Gasteiger partial charge is 0.491 e. The quantitative estimate of drug-likeness (QED) is 0.779. The van der Waals surface area contributed by atoms with Crippen LogP contribution in [0.15, 0.2) is 18.2 Å². The number of likely N-dealkylation sites (tertiary alicyclic amines) is 1. The molecule has 2 heterocycles. The molecular formula is C18H24Cl2N2O3. The van der Waals surface area contributed by atoms with Crippen molar-refractivity contribution in [2.75, 3.05) is 52.5 Å². The van der Waals surface area contributed by atoms with Crippen LogP contribution >= 0.6 is 23.2 Å². The van der Waals surface area contributed by atoms with Crippen molar-refractivity contribution < 1.29 is 14.3 Å². The van der Waals surface area contributed by atoms with Crippen LogP contribution in [0.4, 0.5) is 0 Å². The Hall–Kier alpha value is -1.01. The van der Waals surface area contributed by atoms with Gasteiger partial charge in [0.05, 0.1) is 18.2 Å². The number of hydrogen-bond acceptors (Lipinski definition) is 4. The first-order chi connectivity index (χ1) is 12.1. The number of piperidine rings is 1. The molecule has 1 amide bonds. The van der Waals surface area contributed by atoms with Crippen molar-refractivity contribution in [3.8, 4) is 5.75 Å². The Labute approximate surface area is 158 Å². The zero-order chi connectivity index (χ0) is 17.6. The van der Waals surface area contributed by atoms with E-state index in [1.54, 1.807) is 18.2 Å². The first kappa shape index (κ1) is 18.8. The van der Waals surface area contributed by atoms with E-state index < -0.39 is 0 Å². The van der Waals surface area contributed by atoms with Crippen molar-refractivity contribution in [1.29, 1.82) is 0 Å². The molecule has 2 fully saturated rings. The third kappa shape index (κ3) is 5.23. The second-order valence-electron chi connectivity index (χ2n) is 6.48. The van der Waals surface area contributed by atoms with Crippen molar-refractivity contribution >= 4 is 29.1 Å². The molecule has 1 aromatic carbocycles. The minimum atomic E-state index is 0.154.